The van der Waals surface area contributed by atoms with Gasteiger partial charge in [0.1, 0.15) is 0 Å². The van der Waals surface area contributed by atoms with Crippen molar-refractivity contribution in [2.75, 3.05) is 0 Å². The second kappa shape index (κ2) is 7.37. The highest BCUT2D eigenvalue weighted by Crippen LogP contribution is 2.53. The van der Waals surface area contributed by atoms with E-state index in [0.717, 1.165) is 5.56 Å². The zero-order chi connectivity index (χ0) is 15.3. The van der Waals surface area contributed by atoms with Crippen LogP contribution >= 0.6 is 19.2 Å². The molecule has 0 aromatic heterocycles. The molecule has 0 aliphatic carbocycles. The molecule has 0 saturated heterocycles. The first-order valence-electron chi connectivity index (χ1n) is 6.45. The second-order valence-corrected chi connectivity index (χ2v) is 7.03. The van der Waals surface area contributed by atoms with Crippen LogP contribution in [0.25, 0.3) is 0 Å². The van der Waals surface area contributed by atoms with Crippen molar-refractivity contribution in [1.82, 2.24) is 0 Å². The van der Waals surface area contributed by atoms with E-state index in [-0.39, 0.29) is 12.2 Å². The van der Waals surface area contributed by atoms with Crippen molar-refractivity contribution in [3.8, 4) is 0 Å². The topological polar surface area (TPSA) is 52.6 Å². The highest BCUT2D eigenvalue weighted by molar-refractivity contribution is 7.72. The predicted molar refractivity (Wildman–Crippen MR) is 80.4 cm³/mol. The molecule has 0 spiro atoms. The van der Waals surface area contributed by atoms with E-state index in [4.69, 9.17) is 20.6 Å². The molecule has 0 radical (unpaired) electrons. The van der Waals surface area contributed by atoms with Crippen LogP contribution < -0.4 is 0 Å². The van der Waals surface area contributed by atoms with Crippen LogP contribution in [0.2, 0.25) is 0 Å². The number of hydrogen-bond donors (Lipinski definition) is 0. The van der Waals surface area contributed by atoms with Gasteiger partial charge in [0.2, 0.25) is 0 Å². The molecule has 0 saturated carbocycles. The molecule has 4 nitrogen and oxygen atoms in total. The van der Waals surface area contributed by atoms with Crippen LogP contribution in [0.4, 0.5) is 0 Å². The van der Waals surface area contributed by atoms with E-state index in [1.165, 1.54) is 0 Å². The van der Waals surface area contributed by atoms with Crippen molar-refractivity contribution in [1.29, 1.82) is 0 Å². The van der Waals surface area contributed by atoms with Crippen LogP contribution in [0.15, 0.2) is 24.3 Å². The van der Waals surface area contributed by atoms with E-state index in [2.05, 4.69) is 0 Å². The zero-order valence-corrected chi connectivity index (χ0v) is 13.8. The lowest BCUT2D eigenvalue weighted by atomic mass is 10.2. The van der Waals surface area contributed by atoms with Gasteiger partial charge in [0.15, 0.2) is 0 Å². The maximum atomic E-state index is 12.7. The minimum atomic E-state index is -3.84. The summed E-state index contributed by atoms with van der Waals surface area (Å²) < 4.78 is 23.2. The fourth-order valence-corrected chi connectivity index (χ4v) is 3.56. The monoisotopic (exact) mass is 318 g/mol. The summed E-state index contributed by atoms with van der Waals surface area (Å²) >= 11 is 5.70. The number of carbonyl (C=O) groups is 1. The molecule has 1 aromatic carbocycles. The minimum absolute atomic E-state index is 0.295. The molecule has 0 unspecified atom stereocenters. The molecule has 1 rings (SSSR count). The van der Waals surface area contributed by atoms with Crippen LogP contribution in [0.3, 0.4) is 0 Å². The normalized spacial score (nSPS) is 12.2. The second-order valence-electron chi connectivity index (χ2n) is 4.94. The van der Waals surface area contributed by atoms with Crippen LogP contribution in [0.1, 0.15) is 43.6 Å². The molecule has 0 atom stereocenters. The largest absolute Gasteiger partial charge is 0.402 e. The molecule has 1 aromatic rings. The summed E-state index contributed by atoms with van der Waals surface area (Å²) in [5.41, 5.74) is 0.553. The summed E-state index contributed by atoms with van der Waals surface area (Å²) in [5.74, 6) is 0.358. The van der Waals surface area contributed by atoms with Gasteiger partial charge in [0.25, 0.3) is 5.52 Å². The van der Waals surface area contributed by atoms with Gasteiger partial charge in [-0.2, -0.15) is 0 Å². The number of carbonyl (C=O) groups excluding carboxylic acids is 1. The van der Waals surface area contributed by atoms with Gasteiger partial charge in [-0.15, -0.1) is 11.6 Å². The van der Waals surface area contributed by atoms with Gasteiger partial charge in [0.05, 0.1) is 12.2 Å². The van der Waals surface area contributed by atoms with Gasteiger partial charge in [-0.25, -0.2) is 0 Å². The Labute approximate surface area is 125 Å². The minimum Gasteiger partial charge on any atom is -0.300 e. The highest BCUT2D eigenvalue weighted by Gasteiger charge is 2.37. The molecule has 0 aliphatic rings. The van der Waals surface area contributed by atoms with E-state index in [9.17, 15) is 9.36 Å². The molecule has 0 fully saturated rings. The zero-order valence-electron chi connectivity index (χ0n) is 12.1. The fourth-order valence-electron chi connectivity index (χ4n) is 1.57. The Morgan fingerprint density at radius 2 is 1.55 bits per heavy atom. The van der Waals surface area contributed by atoms with E-state index in [1.807, 2.05) is 0 Å². The smallest absolute Gasteiger partial charge is 0.300 e. The Bertz CT molecular complexity index is 482. The number of alkyl halides is 1. The van der Waals surface area contributed by atoms with E-state index >= 15 is 0 Å². The van der Waals surface area contributed by atoms with Gasteiger partial charge >= 0.3 is 7.60 Å². The Morgan fingerprint density at radius 3 is 1.90 bits per heavy atom. The molecule has 0 bridgehead atoms. The molecule has 112 valence electrons. The molecule has 20 heavy (non-hydrogen) atoms. The molecular weight excluding hydrogens is 299 g/mol. The van der Waals surface area contributed by atoms with Gasteiger partial charge in [0, 0.05) is 11.4 Å². The van der Waals surface area contributed by atoms with Gasteiger partial charge in [-0.3, -0.25) is 9.36 Å². The first-order valence-corrected chi connectivity index (χ1v) is 8.53. The summed E-state index contributed by atoms with van der Waals surface area (Å²) in [5, 5.41) is 0. The highest BCUT2D eigenvalue weighted by atomic mass is 35.5. The summed E-state index contributed by atoms with van der Waals surface area (Å²) in [7, 11) is -3.84. The molecule has 0 amide bonds. The van der Waals surface area contributed by atoms with E-state index < -0.39 is 13.1 Å². The van der Waals surface area contributed by atoms with Crippen molar-refractivity contribution in [2.24, 2.45) is 0 Å². The van der Waals surface area contributed by atoms with E-state index in [1.54, 1.807) is 52.0 Å². The van der Waals surface area contributed by atoms with Crippen molar-refractivity contribution < 1.29 is 18.4 Å². The van der Waals surface area contributed by atoms with Gasteiger partial charge in [-0.05, 0) is 33.3 Å². The molecule has 0 aliphatic heterocycles. The van der Waals surface area contributed by atoms with Crippen LogP contribution in [-0.4, -0.2) is 17.7 Å². The number of benzene rings is 1. The Balaban J connectivity index is 3.05. The summed E-state index contributed by atoms with van der Waals surface area (Å²) in [6, 6.07) is 6.60. The molecule has 0 N–H and O–H groups in total. The Kier molecular flexibility index (Phi) is 6.41. The quantitative estimate of drug-likeness (QED) is 0.544. The lowest BCUT2D eigenvalue weighted by molar-refractivity contribution is 0.0924. The van der Waals surface area contributed by atoms with Crippen LogP contribution in [0.5, 0.6) is 0 Å². The maximum absolute atomic E-state index is 12.7. The Morgan fingerprint density at radius 1 is 1.10 bits per heavy atom. The SMILES string of the molecule is CC(C)OP(=O)(OC(C)C)C(=O)c1ccc(CCl)cc1. The summed E-state index contributed by atoms with van der Waals surface area (Å²) in [6.45, 7) is 6.83. The van der Waals surface area contributed by atoms with Crippen molar-refractivity contribution in [3.63, 3.8) is 0 Å². The average Bonchev–Trinajstić information content (AvgIpc) is 2.36. The number of halogens is 1. The molecular formula is C14H20ClO4P. The third kappa shape index (κ3) is 4.71. The van der Waals surface area contributed by atoms with Gasteiger partial charge < -0.3 is 9.05 Å². The fraction of sp³-hybridized carbons (Fsp3) is 0.500. The number of hydrogen-bond acceptors (Lipinski definition) is 4. The summed E-state index contributed by atoms with van der Waals surface area (Å²) in [4.78, 5) is 12.4. The first kappa shape index (κ1) is 17.4. The lowest BCUT2D eigenvalue weighted by Gasteiger charge is -2.21. The maximum Gasteiger partial charge on any atom is 0.402 e. The van der Waals surface area contributed by atoms with Crippen molar-refractivity contribution >= 4 is 24.7 Å². The predicted octanol–water partition coefficient (Wildman–Crippen LogP) is 4.61. The third-order valence-electron chi connectivity index (χ3n) is 2.30. The van der Waals surface area contributed by atoms with Crippen LogP contribution in [0, 0.1) is 0 Å². The van der Waals surface area contributed by atoms with E-state index in [0.29, 0.717) is 11.4 Å². The summed E-state index contributed by atoms with van der Waals surface area (Å²) in [6.07, 6.45) is -0.740. The standard InChI is InChI=1S/C14H20ClO4P/c1-10(2)18-20(17,19-11(3)4)14(16)13-7-5-12(9-15)6-8-13/h5-8,10-11H,9H2,1-4H3. The van der Waals surface area contributed by atoms with Crippen molar-refractivity contribution in [3.05, 3.63) is 35.4 Å². The molecule has 0 heterocycles. The average molecular weight is 319 g/mol. The lowest BCUT2D eigenvalue weighted by Crippen LogP contribution is -2.14. The van der Waals surface area contributed by atoms with Crippen LogP contribution in [-0.2, 0) is 19.5 Å². The first-order chi connectivity index (χ1) is 9.28. The van der Waals surface area contributed by atoms with Crippen molar-refractivity contribution in [2.45, 2.75) is 45.8 Å². The van der Waals surface area contributed by atoms with Gasteiger partial charge in [-0.1, -0.05) is 24.3 Å². The number of rotatable bonds is 7. The Hall–Kier alpha value is -0.670. The third-order valence-corrected chi connectivity index (χ3v) is 4.77. The molecule has 6 heteroatoms.